The number of alkyl halides is 3. The Balaban J connectivity index is 2.38. The van der Waals surface area contributed by atoms with Crippen molar-refractivity contribution in [2.45, 2.75) is 38.4 Å². The molecule has 1 heterocycles. The highest BCUT2D eigenvalue weighted by molar-refractivity contribution is 5.94. The highest BCUT2D eigenvalue weighted by atomic mass is 19.4. The molecule has 0 aliphatic carbocycles. The van der Waals surface area contributed by atoms with Gasteiger partial charge < -0.3 is 15.0 Å². The molecular formula is C12H19F3N2O3. The summed E-state index contributed by atoms with van der Waals surface area (Å²) in [6, 6.07) is -0.524. The number of ether oxygens (including phenoxy) is 1. The Morgan fingerprint density at radius 1 is 1.40 bits per heavy atom. The molecular weight excluding hydrogens is 277 g/mol. The average molecular weight is 296 g/mol. The molecule has 1 rings (SSSR count). The second kappa shape index (κ2) is 7.47. The van der Waals surface area contributed by atoms with Crippen LogP contribution in [0.25, 0.3) is 0 Å². The third-order valence-electron chi connectivity index (χ3n) is 2.93. The third-order valence-corrected chi connectivity index (χ3v) is 2.93. The molecule has 1 N–H and O–H groups in total. The van der Waals surface area contributed by atoms with Crippen LogP contribution >= 0.6 is 0 Å². The van der Waals surface area contributed by atoms with Gasteiger partial charge in [-0.15, -0.1) is 0 Å². The fourth-order valence-electron chi connectivity index (χ4n) is 2.06. The molecule has 1 aliphatic rings. The van der Waals surface area contributed by atoms with E-state index in [2.05, 4.69) is 10.1 Å². The number of nitrogens with one attached hydrogen (secondary N) is 1. The minimum absolute atomic E-state index is 0.0531. The van der Waals surface area contributed by atoms with Gasteiger partial charge in [-0.25, -0.2) is 0 Å². The van der Waals surface area contributed by atoms with E-state index in [1.807, 2.05) is 6.92 Å². The second-order valence-electron chi connectivity index (χ2n) is 4.63. The molecule has 1 aliphatic heterocycles. The van der Waals surface area contributed by atoms with E-state index in [1.165, 1.54) is 4.90 Å². The van der Waals surface area contributed by atoms with Crippen LogP contribution in [0.5, 0.6) is 0 Å². The number of rotatable bonds is 7. The molecule has 0 aromatic heterocycles. The van der Waals surface area contributed by atoms with Crippen molar-refractivity contribution < 1.29 is 27.5 Å². The lowest BCUT2D eigenvalue weighted by Gasteiger charge is -2.34. The number of piperazine rings is 1. The van der Waals surface area contributed by atoms with Gasteiger partial charge in [-0.1, -0.05) is 13.3 Å². The van der Waals surface area contributed by atoms with Crippen LogP contribution in [0.1, 0.15) is 26.2 Å². The van der Waals surface area contributed by atoms with E-state index in [0.717, 1.165) is 6.42 Å². The number of halogens is 3. The predicted octanol–water partition coefficient (Wildman–Crippen LogP) is 1.08. The molecule has 0 bridgehead atoms. The van der Waals surface area contributed by atoms with Gasteiger partial charge in [0.15, 0.2) is 0 Å². The molecule has 1 saturated heterocycles. The maximum Gasteiger partial charge on any atom is 0.411 e. The number of carbonyl (C=O) groups is 2. The van der Waals surface area contributed by atoms with Crippen molar-refractivity contribution in [3.63, 3.8) is 0 Å². The van der Waals surface area contributed by atoms with Crippen LogP contribution < -0.4 is 5.32 Å². The van der Waals surface area contributed by atoms with Crippen LogP contribution in [0.4, 0.5) is 13.2 Å². The van der Waals surface area contributed by atoms with Crippen molar-refractivity contribution in [3.8, 4) is 0 Å². The zero-order valence-corrected chi connectivity index (χ0v) is 11.3. The molecule has 1 unspecified atom stereocenters. The lowest BCUT2D eigenvalue weighted by molar-refractivity contribution is -0.174. The molecule has 1 atom stereocenters. The first-order valence-corrected chi connectivity index (χ1v) is 6.57. The summed E-state index contributed by atoms with van der Waals surface area (Å²) in [5.41, 5.74) is 0. The van der Waals surface area contributed by atoms with Crippen LogP contribution in [-0.2, 0) is 14.3 Å². The molecule has 2 amide bonds. The van der Waals surface area contributed by atoms with Crippen molar-refractivity contribution in [2.75, 3.05) is 26.3 Å². The molecule has 0 radical (unpaired) electrons. The summed E-state index contributed by atoms with van der Waals surface area (Å²) in [5.74, 6) is -0.415. The lowest BCUT2D eigenvalue weighted by atomic mass is 10.1. The monoisotopic (exact) mass is 296 g/mol. The van der Waals surface area contributed by atoms with Gasteiger partial charge in [0, 0.05) is 13.2 Å². The summed E-state index contributed by atoms with van der Waals surface area (Å²) in [6.07, 6.45) is -2.78. The first-order chi connectivity index (χ1) is 9.35. The maximum absolute atomic E-state index is 11.9. The first-order valence-electron chi connectivity index (χ1n) is 6.57. The van der Waals surface area contributed by atoms with Gasteiger partial charge >= 0.3 is 6.18 Å². The van der Waals surface area contributed by atoms with E-state index in [0.29, 0.717) is 6.42 Å². The molecule has 0 spiro atoms. The normalized spacial score (nSPS) is 20.2. The summed E-state index contributed by atoms with van der Waals surface area (Å²) in [6.45, 7) is 0.692. The molecule has 0 saturated carbocycles. The molecule has 1 fully saturated rings. The number of hydrogen-bond acceptors (Lipinski definition) is 3. The highest BCUT2D eigenvalue weighted by Gasteiger charge is 2.33. The maximum atomic E-state index is 11.9. The van der Waals surface area contributed by atoms with Crippen molar-refractivity contribution in [1.82, 2.24) is 10.2 Å². The lowest BCUT2D eigenvalue weighted by Crippen LogP contribution is -2.58. The number of hydrogen-bond donors (Lipinski definition) is 1. The van der Waals surface area contributed by atoms with E-state index in [1.54, 1.807) is 0 Å². The minimum atomic E-state index is -4.34. The third kappa shape index (κ3) is 5.36. The zero-order valence-electron chi connectivity index (χ0n) is 11.3. The SMILES string of the molecule is CCCC1C(=O)NCC(=O)N1CCCOCC(F)(F)F. The van der Waals surface area contributed by atoms with E-state index >= 15 is 0 Å². The standard InChI is InChI=1S/C12H19F3N2O3/c1-2-4-9-11(19)16-7-10(18)17(9)5-3-6-20-8-12(13,14)15/h9H,2-8H2,1H3,(H,16,19). The van der Waals surface area contributed by atoms with Crippen molar-refractivity contribution >= 4 is 11.8 Å². The Labute approximate surface area is 115 Å². The van der Waals surface area contributed by atoms with Gasteiger partial charge in [-0.05, 0) is 12.8 Å². The van der Waals surface area contributed by atoms with Gasteiger partial charge in [0.05, 0.1) is 6.54 Å². The molecule has 8 heteroatoms. The van der Waals surface area contributed by atoms with Crippen LogP contribution in [0.2, 0.25) is 0 Å². The van der Waals surface area contributed by atoms with Gasteiger partial charge in [-0.3, -0.25) is 9.59 Å². The molecule has 5 nitrogen and oxygen atoms in total. The second-order valence-corrected chi connectivity index (χ2v) is 4.63. The van der Waals surface area contributed by atoms with E-state index in [4.69, 9.17) is 0 Å². The van der Waals surface area contributed by atoms with Crippen molar-refractivity contribution in [1.29, 1.82) is 0 Å². The van der Waals surface area contributed by atoms with Gasteiger partial charge in [-0.2, -0.15) is 13.2 Å². The average Bonchev–Trinajstić information content (AvgIpc) is 2.35. The minimum Gasteiger partial charge on any atom is -0.372 e. The Morgan fingerprint density at radius 2 is 2.10 bits per heavy atom. The molecule has 0 aromatic carbocycles. The predicted molar refractivity (Wildman–Crippen MR) is 64.9 cm³/mol. The number of amides is 2. The fraction of sp³-hybridized carbons (Fsp3) is 0.833. The molecule has 20 heavy (non-hydrogen) atoms. The van der Waals surface area contributed by atoms with Crippen LogP contribution in [-0.4, -0.2) is 55.2 Å². The smallest absolute Gasteiger partial charge is 0.372 e. The first kappa shape index (κ1) is 16.7. The number of nitrogens with zero attached hydrogens (tertiary/aromatic N) is 1. The zero-order chi connectivity index (χ0) is 15.2. The summed E-state index contributed by atoms with van der Waals surface area (Å²) < 4.78 is 40.1. The summed E-state index contributed by atoms with van der Waals surface area (Å²) >= 11 is 0. The number of carbonyl (C=O) groups excluding carboxylic acids is 2. The van der Waals surface area contributed by atoms with E-state index in [9.17, 15) is 22.8 Å². The Kier molecular flexibility index (Phi) is 6.25. The highest BCUT2D eigenvalue weighted by Crippen LogP contribution is 2.15. The van der Waals surface area contributed by atoms with E-state index < -0.39 is 18.8 Å². The fourth-order valence-corrected chi connectivity index (χ4v) is 2.06. The van der Waals surface area contributed by atoms with Gasteiger partial charge in [0.25, 0.3) is 0 Å². The molecule has 116 valence electrons. The summed E-state index contributed by atoms with van der Waals surface area (Å²) in [7, 11) is 0. The largest absolute Gasteiger partial charge is 0.411 e. The van der Waals surface area contributed by atoms with Crippen LogP contribution in [0.15, 0.2) is 0 Å². The van der Waals surface area contributed by atoms with Crippen LogP contribution in [0.3, 0.4) is 0 Å². The topological polar surface area (TPSA) is 58.6 Å². The van der Waals surface area contributed by atoms with E-state index in [-0.39, 0.29) is 37.9 Å². The Bertz CT molecular complexity index is 347. The van der Waals surface area contributed by atoms with Crippen LogP contribution in [0, 0.1) is 0 Å². The Morgan fingerprint density at radius 3 is 2.70 bits per heavy atom. The van der Waals surface area contributed by atoms with Crippen molar-refractivity contribution in [2.24, 2.45) is 0 Å². The van der Waals surface area contributed by atoms with Gasteiger partial charge in [0.1, 0.15) is 12.6 Å². The quantitative estimate of drug-likeness (QED) is 0.715. The van der Waals surface area contributed by atoms with Crippen molar-refractivity contribution in [3.05, 3.63) is 0 Å². The van der Waals surface area contributed by atoms with Gasteiger partial charge in [0.2, 0.25) is 11.8 Å². The molecule has 0 aromatic rings. The summed E-state index contributed by atoms with van der Waals surface area (Å²) in [4.78, 5) is 24.8. The Hall–Kier alpha value is -1.31. The summed E-state index contributed by atoms with van der Waals surface area (Å²) in [5, 5.41) is 2.51.